The van der Waals surface area contributed by atoms with E-state index in [0.717, 1.165) is 22.3 Å². The van der Waals surface area contributed by atoms with Gasteiger partial charge in [0.05, 0.1) is 0 Å². The van der Waals surface area contributed by atoms with Gasteiger partial charge in [0.15, 0.2) is 0 Å². The Labute approximate surface area is 303 Å². The van der Waals surface area contributed by atoms with Crippen LogP contribution in [0.1, 0.15) is 56.2 Å². The molecule has 3 aromatic carbocycles. The van der Waals surface area contributed by atoms with Crippen molar-refractivity contribution in [3.05, 3.63) is 89.5 Å². The van der Waals surface area contributed by atoms with Gasteiger partial charge in [0, 0.05) is 39.6 Å². The third-order valence-corrected chi connectivity index (χ3v) is 8.18. The standard InChI is InChI=1S/C38H47N5O9/c1-38(2,3)52-37(48)43(5)22-21-42(4)36(47)50-23-25-16-18-26(19-17-25)51-33(44)32(15-10-20-40-34(39)45)41-35(46)49-24-31-29-13-8-6-11-27(29)28-12-7-9-14-30(28)31/h6-9,11-14,16-19,31-32H,10,15,20-24H2,1-5H3,(H,41,46)(H3,39,40,45)/t32-/m0/s1. The predicted molar refractivity (Wildman–Crippen MR) is 193 cm³/mol. The molecule has 14 nitrogen and oxygen atoms in total. The molecule has 0 aromatic heterocycles. The molecule has 3 aromatic rings. The van der Waals surface area contributed by atoms with E-state index in [1.165, 1.54) is 9.80 Å². The normalized spacial score (nSPS) is 12.4. The number of hydrogen-bond acceptors (Lipinski definition) is 9. The van der Waals surface area contributed by atoms with Crippen LogP contribution in [-0.2, 0) is 25.6 Å². The fraction of sp³-hybridized carbons (Fsp3) is 0.395. The largest absolute Gasteiger partial charge is 0.449 e. The highest BCUT2D eigenvalue weighted by molar-refractivity contribution is 5.83. The van der Waals surface area contributed by atoms with Crippen LogP contribution in [-0.4, -0.2) is 92.1 Å². The van der Waals surface area contributed by atoms with Crippen LogP contribution in [0.15, 0.2) is 72.8 Å². The van der Waals surface area contributed by atoms with Crippen molar-refractivity contribution in [2.75, 3.05) is 40.3 Å². The summed E-state index contributed by atoms with van der Waals surface area (Å²) in [4.78, 5) is 64.8. The number of alkyl carbamates (subject to hydrolysis) is 1. The van der Waals surface area contributed by atoms with Crippen LogP contribution >= 0.6 is 0 Å². The first kappa shape index (κ1) is 39.0. The van der Waals surface area contributed by atoms with E-state index in [-0.39, 0.29) is 50.9 Å². The van der Waals surface area contributed by atoms with Gasteiger partial charge in [-0.1, -0.05) is 60.7 Å². The van der Waals surface area contributed by atoms with Gasteiger partial charge < -0.3 is 45.1 Å². The summed E-state index contributed by atoms with van der Waals surface area (Å²) >= 11 is 0. The van der Waals surface area contributed by atoms with Crippen LogP contribution in [0, 0.1) is 0 Å². The highest BCUT2D eigenvalue weighted by Gasteiger charge is 2.30. The number of esters is 1. The Hall–Kier alpha value is -5.79. The third kappa shape index (κ3) is 11.4. The summed E-state index contributed by atoms with van der Waals surface area (Å²) in [7, 11) is 3.15. The van der Waals surface area contributed by atoms with E-state index in [9.17, 15) is 24.0 Å². The van der Waals surface area contributed by atoms with E-state index in [1.54, 1.807) is 59.1 Å². The Morgan fingerprint density at radius 2 is 1.38 bits per heavy atom. The van der Waals surface area contributed by atoms with Gasteiger partial charge in [-0.25, -0.2) is 24.0 Å². The van der Waals surface area contributed by atoms with E-state index in [1.807, 2.05) is 48.5 Å². The van der Waals surface area contributed by atoms with Gasteiger partial charge in [-0.3, -0.25) is 0 Å². The molecule has 1 atom stereocenters. The summed E-state index contributed by atoms with van der Waals surface area (Å²) in [6.07, 6.45) is -1.40. The molecule has 5 amide bonds. The second-order valence-corrected chi connectivity index (χ2v) is 13.4. The number of ether oxygens (including phenoxy) is 4. The number of nitrogens with zero attached hydrogens (tertiary/aromatic N) is 2. The number of nitrogens with one attached hydrogen (secondary N) is 2. The first-order valence-electron chi connectivity index (χ1n) is 17.0. The van der Waals surface area contributed by atoms with Gasteiger partial charge in [0.1, 0.15) is 30.6 Å². The lowest BCUT2D eigenvalue weighted by Crippen LogP contribution is -2.44. The fourth-order valence-electron chi connectivity index (χ4n) is 5.47. The summed E-state index contributed by atoms with van der Waals surface area (Å²) in [6.45, 7) is 6.02. The van der Waals surface area contributed by atoms with Gasteiger partial charge in [-0.05, 0) is 73.6 Å². The highest BCUT2D eigenvalue weighted by atomic mass is 16.6. The molecule has 0 saturated heterocycles. The topological polar surface area (TPSA) is 179 Å². The van der Waals surface area contributed by atoms with Crippen molar-refractivity contribution in [1.82, 2.24) is 20.4 Å². The molecule has 1 aliphatic carbocycles. The van der Waals surface area contributed by atoms with Gasteiger partial charge in [0.25, 0.3) is 0 Å². The summed E-state index contributed by atoms with van der Waals surface area (Å²) in [5.74, 6) is -0.686. The van der Waals surface area contributed by atoms with Crippen molar-refractivity contribution in [2.45, 2.75) is 57.8 Å². The number of amides is 5. The SMILES string of the molecule is CN(CCN(C)C(=O)OC(C)(C)C)C(=O)OCc1ccc(OC(=O)[C@H](CCCNC(N)=O)NC(=O)OCC2c3ccccc3-c3ccccc32)cc1. The monoisotopic (exact) mass is 717 g/mol. The lowest BCUT2D eigenvalue weighted by atomic mass is 9.98. The molecule has 0 bridgehead atoms. The van der Waals surface area contributed by atoms with Gasteiger partial charge in [0.2, 0.25) is 0 Å². The van der Waals surface area contributed by atoms with Crippen LogP contribution in [0.3, 0.4) is 0 Å². The van der Waals surface area contributed by atoms with Crippen LogP contribution in [0.4, 0.5) is 19.2 Å². The lowest BCUT2D eigenvalue weighted by molar-refractivity contribution is -0.136. The van der Waals surface area contributed by atoms with Gasteiger partial charge in [-0.15, -0.1) is 0 Å². The minimum Gasteiger partial charge on any atom is -0.449 e. The molecule has 14 heteroatoms. The molecule has 0 spiro atoms. The van der Waals surface area contributed by atoms with E-state index < -0.39 is 41.9 Å². The Kier molecular flexibility index (Phi) is 13.4. The average molecular weight is 718 g/mol. The number of carbonyl (C=O) groups is 5. The van der Waals surface area contributed by atoms with Crippen LogP contribution in [0.2, 0.25) is 0 Å². The molecule has 1 aliphatic rings. The molecule has 0 radical (unpaired) electrons. The van der Waals surface area contributed by atoms with Gasteiger partial charge >= 0.3 is 30.3 Å². The number of urea groups is 1. The zero-order valence-corrected chi connectivity index (χ0v) is 30.2. The van der Waals surface area contributed by atoms with E-state index in [4.69, 9.17) is 24.7 Å². The minimum absolute atomic E-state index is 0.0435. The zero-order valence-electron chi connectivity index (χ0n) is 30.2. The fourth-order valence-corrected chi connectivity index (χ4v) is 5.47. The average Bonchev–Trinajstić information content (AvgIpc) is 3.42. The molecule has 4 N–H and O–H groups in total. The summed E-state index contributed by atoms with van der Waals surface area (Å²) in [5.41, 5.74) is 9.46. The Balaban J connectivity index is 1.28. The zero-order chi connectivity index (χ0) is 37.8. The van der Waals surface area contributed by atoms with Crippen molar-refractivity contribution in [3.8, 4) is 16.9 Å². The predicted octanol–water partition coefficient (Wildman–Crippen LogP) is 5.38. The summed E-state index contributed by atoms with van der Waals surface area (Å²) in [5, 5.41) is 5.08. The molecule has 0 fully saturated rings. The van der Waals surface area contributed by atoms with E-state index in [0.29, 0.717) is 12.0 Å². The number of benzene rings is 3. The molecule has 0 heterocycles. The smallest absolute Gasteiger partial charge is 0.410 e. The number of carbonyl (C=O) groups excluding carboxylic acids is 5. The number of rotatable bonds is 14. The minimum atomic E-state index is -1.09. The number of nitrogens with two attached hydrogens (primary N) is 1. The number of likely N-dealkylation sites (N-methyl/N-ethyl adjacent to an activating group) is 2. The molecule has 0 saturated carbocycles. The lowest BCUT2D eigenvalue weighted by Gasteiger charge is -2.26. The second kappa shape index (κ2) is 17.9. The first-order chi connectivity index (χ1) is 24.7. The van der Waals surface area contributed by atoms with Gasteiger partial charge in [-0.2, -0.15) is 0 Å². The highest BCUT2D eigenvalue weighted by Crippen LogP contribution is 2.44. The molecule has 0 unspecified atom stereocenters. The van der Waals surface area contributed by atoms with Crippen LogP contribution < -0.4 is 21.1 Å². The van der Waals surface area contributed by atoms with Crippen molar-refractivity contribution < 1.29 is 42.9 Å². The van der Waals surface area contributed by atoms with Crippen molar-refractivity contribution in [1.29, 1.82) is 0 Å². The van der Waals surface area contributed by atoms with Crippen LogP contribution in [0.25, 0.3) is 11.1 Å². The quantitative estimate of drug-likeness (QED) is 0.0854. The van der Waals surface area contributed by atoms with Crippen molar-refractivity contribution >= 4 is 30.3 Å². The molecular formula is C38H47N5O9. The number of fused-ring (bicyclic) bond motifs is 3. The maximum Gasteiger partial charge on any atom is 0.410 e. The molecule has 0 aliphatic heterocycles. The Morgan fingerprint density at radius 3 is 1.96 bits per heavy atom. The van der Waals surface area contributed by atoms with E-state index >= 15 is 0 Å². The Bertz CT molecular complexity index is 1680. The van der Waals surface area contributed by atoms with Crippen molar-refractivity contribution in [2.24, 2.45) is 5.73 Å². The van der Waals surface area contributed by atoms with E-state index in [2.05, 4.69) is 10.6 Å². The van der Waals surface area contributed by atoms with Crippen molar-refractivity contribution in [3.63, 3.8) is 0 Å². The number of hydrogen-bond donors (Lipinski definition) is 3. The maximum absolute atomic E-state index is 13.2. The molecular weight excluding hydrogens is 670 g/mol. The molecule has 4 rings (SSSR count). The third-order valence-electron chi connectivity index (χ3n) is 8.18. The first-order valence-corrected chi connectivity index (χ1v) is 17.0. The maximum atomic E-state index is 13.2. The Morgan fingerprint density at radius 1 is 0.808 bits per heavy atom. The van der Waals surface area contributed by atoms with Crippen LogP contribution in [0.5, 0.6) is 5.75 Å². The molecule has 52 heavy (non-hydrogen) atoms. The summed E-state index contributed by atoms with van der Waals surface area (Å²) in [6, 6.07) is 20.5. The second-order valence-electron chi connectivity index (χ2n) is 13.4. The number of primary amides is 1. The molecule has 278 valence electrons. The summed E-state index contributed by atoms with van der Waals surface area (Å²) < 4.78 is 21.9.